The molecule has 0 fully saturated rings. The first-order valence-corrected chi connectivity index (χ1v) is 33.3. The molecule has 0 aromatic heterocycles. The van der Waals surface area contributed by atoms with E-state index < -0.39 is 6.10 Å². The molecule has 0 radical (unpaired) electrons. The molecule has 0 rings (SSSR count). The number of allylic oxidation sites excluding steroid dienone is 10. The van der Waals surface area contributed by atoms with Crippen LogP contribution in [-0.4, -0.2) is 37.2 Å². The number of hydrogen-bond donors (Lipinski definition) is 0. The summed E-state index contributed by atoms with van der Waals surface area (Å²) < 4.78 is 16.8. The Kier molecular flexibility index (Phi) is 62.2. The van der Waals surface area contributed by atoms with Crippen molar-refractivity contribution in [3.05, 3.63) is 60.8 Å². The van der Waals surface area contributed by atoms with Gasteiger partial charge in [0, 0.05) is 19.3 Å². The van der Waals surface area contributed by atoms with Gasteiger partial charge in [-0.05, 0) is 70.6 Å². The zero-order valence-corrected chi connectivity index (χ0v) is 50.8. The van der Waals surface area contributed by atoms with Gasteiger partial charge in [0.25, 0.3) is 0 Å². The summed E-state index contributed by atoms with van der Waals surface area (Å²) in [5.74, 6) is -0.980. The molecule has 76 heavy (non-hydrogen) atoms. The van der Waals surface area contributed by atoms with Gasteiger partial charge in [-0.1, -0.05) is 319 Å². The van der Waals surface area contributed by atoms with Crippen molar-refractivity contribution in [1.29, 1.82) is 0 Å². The largest absolute Gasteiger partial charge is 0.462 e. The lowest BCUT2D eigenvalue weighted by molar-refractivity contribution is -0.166. The molecule has 1 atom stereocenters. The molecule has 0 aliphatic rings. The van der Waals surface area contributed by atoms with Gasteiger partial charge in [0.15, 0.2) is 6.10 Å². The maximum absolute atomic E-state index is 12.8. The van der Waals surface area contributed by atoms with Gasteiger partial charge in [0.1, 0.15) is 13.2 Å². The highest BCUT2D eigenvalue weighted by Gasteiger charge is 2.19. The number of unbranched alkanes of at least 4 members (excludes halogenated alkanes) is 40. The molecule has 0 saturated heterocycles. The van der Waals surface area contributed by atoms with Gasteiger partial charge in [-0.25, -0.2) is 0 Å². The predicted molar refractivity (Wildman–Crippen MR) is 330 cm³/mol. The number of ether oxygens (including phenoxy) is 3. The molecule has 0 N–H and O–H groups in total. The normalized spacial score (nSPS) is 12.4. The molecule has 1 unspecified atom stereocenters. The molecule has 0 aromatic carbocycles. The molecule has 0 aromatic rings. The van der Waals surface area contributed by atoms with Gasteiger partial charge in [0.2, 0.25) is 0 Å². The fourth-order valence-electron chi connectivity index (χ4n) is 9.81. The second kappa shape index (κ2) is 64.6. The van der Waals surface area contributed by atoms with E-state index in [0.717, 1.165) is 70.6 Å². The van der Waals surface area contributed by atoms with E-state index in [4.69, 9.17) is 14.2 Å². The smallest absolute Gasteiger partial charge is 0.306 e. The van der Waals surface area contributed by atoms with Gasteiger partial charge in [-0.2, -0.15) is 0 Å². The third-order valence-corrected chi connectivity index (χ3v) is 14.8. The zero-order valence-electron chi connectivity index (χ0n) is 50.8. The number of carbonyl (C=O) groups excluding carboxylic acids is 3. The van der Waals surface area contributed by atoms with Gasteiger partial charge in [-0.3, -0.25) is 14.4 Å². The molecule has 0 aliphatic carbocycles. The van der Waals surface area contributed by atoms with E-state index in [0.29, 0.717) is 19.3 Å². The molecule has 6 nitrogen and oxygen atoms in total. The quantitative estimate of drug-likeness (QED) is 0.0261. The number of rotatable bonds is 61. The maximum atomic E-state index is 12.8. The summed E-state index contributed by atoms with van der Waals surface area (Å²) in [6.07, 6.45) is 82.9. The average Bonchev–Trinajstić information content (AvgIpc) is 3.42. The lowest BCUT2D eigenvalue weighted by Gasteiger charge is -2.18. The van der Waals surface area contributed by atoms with E-state index >= 15 is 0 Å². The maximum Gasteiger partial charge on any atom is 0.306 e. The van der Waals surface area contributed by atoms with E-state index in [-0.39, 0.29) is 37.5 Å². The minimum absolute atomic E-state index is 0.103. The number of esters is 3. The second-order valence-electron chi connectivity index (χ2n) is 22.4. The molecule has 0 spiro atoms. The Morgan fingerprint density at radius 2 is 0.539 bits per heavy atom. The number of hydrogen-bond acceptors (Lipinski definition) is 6. The van der Waals surface area contributed by atoms with Crippen molar-refractivity contribution in [2.24, 2.45) is 0 Å². The number of carbonyl (C=O) groups is 3. The Morgan fingerprint density at radius 1 is 0.276 bits per heavy atom. The monoisotopic (exact) mass is 1060 g/mol. The standard InChI is InChI=1S/C70H126O6/c1-4-7-10-13-16-19-22-25-26-27-28-29-30-31-32-33-34-35-36-37-38-39-40-41-42-43-46-48-51-54-57-60-63-69(72)75-66-67(76-70(73)64-61-58-55-52-49-45-24-21-18-15-12-9-6-3)65-74-68(71)62-59-56-53-50-47-44-23-20-17-14-11-8-5-2/h9,12,18,20-21,23,45,49,55,58,67H,4-8,10-11,13-17,19,22,24-44,46-48,50-54,56-57,59-66H2,1-3H3/b12-9-,21-18-,23-20-,49-45-,58-55-. The van der Waals surface area contributed by atoms with Crippen LogP contribution in [0, 0.1) is 0 Å². The van der Waals surface area contributed by atoms with Crippen molar-refractivity contribution in [3.8, 4) is 0 Å². The van der Waals surface area contributed by atoms with Crippen LogP contribution in [0.3, 0.4) is 0 Å². The predicted octanol–water partition coefficient (Wildman–Crippen LogP) is 22.7. The van der Waals surface area contributed by atoms with Crippen LogP contribution in [0.15, 0.2) is 60.8 Å². The lowest BCUT2D eigenvalue weighted by atomic mass is 10.0. The summed E-state index contributed by atoms with van der Waals surface area (Å²) >= 11 is 0. The highest BCUT2D eigenvalue weighted by molar-refractivity contribution is 5.71. The van der Waals surface area contributed by atoms with Crippen molar-refractivity contribution >= 4 is 17.9 Å². The van der Waals surface area contributed by atoms with Crippen LogP contribution in [-0.2, 0) is 28.6 Å². The molecular formula is C70H126O6. The summed E-state index contributed by atoms with van der Waals surface area (Å²) in [7, 11) is 0. The fourth-order valence-corrected chi connectivity index (χ4v) is 9.81. The molecule has 0 amide bonds. The summed E-state index contributed by atoms with van der Waals surface area (Å²) in [5, 5.41) is 0. The van der Waals surface area contributed by atoms with E-state index in [2.05, 4.69) is 75.5 Å². The third kappa shape index (κ3) is 62.0. The van der Waals surface area contributed by atoms with Gasteiger partial charge < -0.3 is 14.2 Å². The van der Waals surface area contributed by atoms with E-state index in [1.165, 1.54) is 231 Å². The molecule has 0 aliphatic heterocycles. The third-order valence-electron chi connectivity index (χ3n) is 14.8. The summed E-state index contributed by atoms with van der Waals surface area (Å²) in [6.45, 7) is 6.48. The second-order valence-corrected chi connectivity index (χ2v) is 22.4. The lowest BCUT2D eigenvalue weighted by Crippen LogP contribution is -2.30. The SMILES string of the molecule is CC/C=C\C/C=C\C/C=C\C/C=C\CCC(=O)OC(COC(=O)CCCCCCC/C=C\CCCCCC)COC(=O)CCCCCCCCCCCCCCCCCCCCCCCCCCCCCCCCCC. The van der Waals surface area contributed by atoms with Crippen molar-refractivity contribution in [2.45, 2.75) is 354 Å². The van der Waals surface area contributed by atoms with Gasteiger partial charge in [0.05, 0.1) is 0 Å². The van der Waals surface area contributed by atoms with E-state index in [1.807, 2.05) is 6.08 Å². The van der Waals surface area contributed by atoms with Crippen molar-refractivity contribution in [1.82, 2.24) is 0 Å². The zero-order chi connectivity index (χ0) is 55.0. The first kappa shape index (κ1) is 73.1. The van der Waals surface area contributed by atoms with Gasteiger partial charge >= 0.3 is 17.9 Å². The molecule has 442 valence electrons. The topological polar surface area (TPSA) is 78.9 Å². The summed E-state index contributed by atoms with van der Waals surface area (Å²) in [5.41, 5.74) is 0. The summed E-state index contributed by atoms with van der Waals surface area (Å²) in [4.78, 5) is 38.1. The molecule has 0 heterocycles. The Bertz CT molecular complexity index is 1360. The molecular weight excluding hydrogens is 937 g/mol. The van der Waals surface area contributed by atoms with E-state index in [1.54, 1.807) is 0 Å². The van der Waals surface area contributed by atoms with Crippen molar-refractivity contribution in [2.75, 3.05) is 13.2 Å². The van der Waals surface area contributed by atoms with Gasteiger partial charge in [-0.15, -0.1) is 0 Å². The Labute approximate surface area is 472 Å². The highest BCUT2D eigenvalue weighted by atomic mass is 16.6. The van der Waals surface area contributed by atoms with E-state index in [9.17, 15) is 14.4 Å². The first-order valence-electron chi connectivity index (χ1n) is 33.3. The fraction of sp³-hybridized carbons (Fsp3) is 0.814. The van der Waals surface area contributed by atoms with Crippen LogP contribution >= 0.6 is 0 Å². The Hall–Kier alpha value is -2.89. The van der Waals surface area contributed by atoms with Crippen LogP contribution in [0.25, 0.3) is 0 Å². The Morgan fingerprint density at radius 3 is 0.868 bits per heavy atom. The minimum Gasteiger partial charge on any atom is -0.462 e. The summed E-state index contributed by atoms with van der Waals surface area (Å²) in [6, 6.07) is 0. The van der Waals surface area contributed by atoms with Crippen LogP contribution in [0.1, 0.15) is 348 Å². The van der Waals surface area contributed by atoms with Crippen LogP contribution < -0.4 is 0 Å². The van der Waals surface area contributed by atoms with Crippen molar-refractivity contribution < 1.29 is 28.6 Å². The van der Waals surface area contributed by atoms with Crippen LogP contribution in [0.2, 0.25) is 0 Å². The van der Waals surface area contributed by atoms with Crippen LogP contribution in [0.5, 0.6) is 0 Å². The van der Waals surface area contributed by atoms with Crippen molar-refractivity contribution in [3.63, 3.8) is 0 Å². The highest BCUT2D eigenvalue weighted by Crippen LogP contribution is 2.18. The van der Waals surface area contributed by atoms with Crippen LogP contribution in [0.4, 0.5) is 0 Å². The average molecular weight is 1060 g/mol. The molecule has 0 bridgehead atoms. The minimum atomic E-state index is -0.814. The molecule has 6 heteroatoms. The Balaban J connectivity index is 4.10. The first-order chi connectivity index (χ1) is 37.5. The molecule has 0 saturated carbocycles.